The van der Waals surface area contributed by atoms with Gasteiger partial charge in [0, 0.05) is 4.88 Å². The molecule has 0 bridgehead atoms. The Hall–Kier alpha value is -1.95. The fourth-order valence-electron chi connectivity index (χ4n) is 1.98. The maximum Gasteiger partial charge on any atom is 0.255 e. The van der Waals surface area contributed by atoms with Crippen molar-refractivity contribution in [3.05, 3.63) is 45.2 Å². The minimum atomic E-state index is -0.564. The number of benzene rings is 1. The first-order valence-electron chi connectivity index (χ1n) is 6.11. The summed E-state index contributed by atoms with van der Waals surface area (Å²) in [4.78, 5) is 17.3. The van der Waals surface area contributed by atoms with Gasteiger partial charge in [-0.25, -0.2) is 9.37 Å². The number of aryl methyl sites for hydroxylation is 2. The van der Waals surface area contributed by atoms with Crippen LogP contribution in [0.1, 0.15) is 38.9 Å². The number of nitrogens with one attached hydrogen (secondary N) is 1. The Labute approximate surface area is 120 Å². The van der Waals surface area contributed by atoms with Crippen molar-refractivity contribution in [3.8, 4) is 5.75 Å². The van der Waals surface area contributed by atoms with Crippen LogP contribution in [0.4, 0.5) is 4.39 Å². The number of phenols is 1. The third kappa shape index (κ3) is 2.96. The molecule has 2 N–H and O–H groups in total. The van der Waals surface area contributed by atoms with Crippen LogP contribution in [0.15, 0.2) is 18.2 Å². The number of thiazole rings is 1. The lowest BCUT2D eigenvalue weighted by Gasteiger charge is -2.13. The van der Waals surface area contributed by atoms with E-state index in [0.717, 1.165) is 33.8 Å². The Kier molecular flexibility index (Phi) is 4.04. The number of amides is 1. The van der Waals surface area contributed by atoms with E-state index in [1.807, 2.05) is 20.8 Å². The number of aromatic hydroxyl groups is 1. The van der Waals surface area contributed by atoms with Crippen LogP contribution in [0.5, 0.6) is 5.75 Å². The summed E-state index contributed by atoms with van der Waals surface area (Å²) >= 11 is 1.50. The van der Waals surface area contributed by atoms with Crippen molar-refractivity contribution in [1.82, 2.24) is 10.3 Å². The Morgan fingerprint density at radius 1 is 1.45 bits per heavy atom. The van der Waals surface area contributed by atoms with E-state index >= 15 is 0 Å². The molecular formula is C14H15FN2O2S. The SMILES string of the molecule is Cc1nc(C)c(C(C)NC(=O)c2cc(F)ccc2O)s1. The first-order valence-corrected chi connectivity index (χ1v) is 6.93. The average molecular weight is 294 g/mol. The Morgan fingerprint density at radius 2 is 2.15 bits per heavy atom. The van der Waals surface area contributed by atoms with Crippen molar-refractivity contribution in [2.24, 2.45) is 0 Å². The summed E-state index contributed by atoms with van der Waals surface area (Å²) in [6.45, 7) is 5.60. The van der Waals surface area contributed by atoms with E-state index < -0.39 is 11.7 Å². The highest BCUT2D eigenvalue weighted by Gasteiger charge is 2.18. The van der Waals surface area contributed by atoms with Gasteiger partial charge in [-0.05, 0) is 39.0 Å². The van der Waals surface area contributed by atoms with Crippen LogP contribution in [0, 0.1) is 19.7 Å². The van der Waals surface area contributed by atoms with Gasteiger partial charge in [0.25, 0.3) is 5.91 Å². The van der Waals surface area contributed by atoms with Gasteiger partial charge in [-0.15, -0.1) is 11.3 Å². The largest absolute Gasteiger partial charge is 0.507 e. The number of aromatic nitrogens is 1. The molecule has 1 unspecified atom stereocenters. The molecule has 1 amide bonds. The van der Waals surface area contributed by atoms with Crippen molar-refractivity contribution >= 4 is 17.2 Å². The molecule has 1 heterocycles. The first kappa shape index (κ1) is 14.5. The molecule has 0 fully saturated rings. The van der Waals surface area contributed by atoms with Crippen LogP contribution >= 0.6 is 11.3 Å². The predicted octanol–water partition coefficient (Wildman–Crippen LogP) is 3.10. The molecule has 4 nitrogen and oxygen atoms in total. The molecule has 0 saturated carbocycles. The summed E-state index contributed by atoms with van der Waals surface area (Å²) in [6, 6.07) is 3.03. The summed E-state index contributed by atoms with van der Waals surface area (Å²) in [5.74, 6) is -1.32. The third-order valence-corrected chi connectivity index (χ3v) is 4.14. The number of carbonyl (C=O) groups excluding carboxylic acids is 1. The number of halogens is 1. The molecule has 20 heavy (non-hydrogen) atoms. The Balaban J connectivity index is 2.19. The highest BCUT2D eigenvalue weighted by atomic mass is 32.1. The van der Waals surface area contributed by atoms with E-state index in [1.165, 1.54) is 11.3 Å². The highest BCUT2D eigenvalue weighted by molar-refractivity contribution is 7.11. The summed E-state index contributed by atoms with van der Waals surface area (Å²) < 4.78 is 13.1. The zero-order valence-corrected chi connectivity index (χ0v) is 12.2. The molecule has 1 atom stereocenters. The number of hydrogen-bond acceptors (Lipinski definition) is 4. The molecule has 0 aliphatic carbocycles. The Bertz CT molecular complexity index is 655. The maximum absolute atomic E-state index is 13.1. The summed E-state index contributed by atoms with van der Waals surface area (Å²) in [5.41, 5.74) is 0.791. The van der Waals surface area contributed by atoms with Gasteiger partial charge in [0.1, 0.15) is 11.6 Å². The fourth-order valence-corrected chi connectivity index (χ4v) is 2.91. The molecule has 2 rings (SSSR count). The van der Waals surface area contributed by atoms with Gasteiger partial charge in [-0.2, -0.15) is 0 Å². The first-order chi connectivity index (χ1) is 9.38. The van der Waals surface area contributed by atoms with Gasteiger partial charge in [0.15, 0.2) is 0 Å². The van der Waals surface area contributed by atoms with E-state index in [-0.39, 0.29) is 17.4 Å². The van der Waals surface area contributed by atoms with Gasteiger partial charge < -0.3 is 10.4 Å². The molecule has 0 radical (unpaired) electrons. The third-order valence-electron chi connectivity index (χ3n) is 2.88. The summed E-state index contributed by atoms with van der Waals surface area (Å²) in [6.07, 6.45) is 0. The quantitative estimate of drug-likeness (QED) is 0.914. The summed E-state index contributed by atoms with van der Waals surface area (Å²) in [5, 5.41) is 13.3. The number of nitrogens with zero attached hydrogens (tertiary/aromatic N) is 1. The second kappa shape index (κ2) is 5.58. The minimum absolute atomic E-state index is 0.0734. The number of hydrogen-bond donors (Lipinski definition) is 2. The molecule has 0 spiro atoms. The van der Waals surface area contributed by atoms with Gasteiger partial charge >= 0.3 is 0 Å². The van der Waals surface area contributed by atoms with E-state index in [2.05, 4.69) is 10.3 Å². The van der Waals surface area contributed by atoms with Crippen molar-refractivity contribution < 1.29 is 14.3 Å². The molecule has 2 aromatic rings. The van der Waals surface area contributed by atoms with Crippen LogP contribution in [0.2, 0.25) is 0 Å². The smallest absolute Gasteiger partial charge is 0.255 e. The minimum Gasteiger partial charge on any atom is -0.507 e. The van der Waals surface area contributed by atoms with E-state index in [9.17, 15) is 14.3 Å². The number of carbonyl (C=O) groups is 1. The molecular weight excluding hydrogens is 279 g/mol. The van der Waals surface area contributed by atoms with E-state index in [1.54, 1.807) is 0 Å². The van der Waals surface area contributed by atoms with Crippen LogP contribution in [-0.2, 0) is 0 Å². The average Bonchev–Trinajstić information content (AvgIpc) is 2.71. The fraction of sp³-hybridized carbons (Fsp3) is 0.286. The lowest BCUT2D eigenvalue weighted by Crippen LogP contribution is -2.26. The summed E-state index contributed by atoms with van der Waals surface area (Å²) in [7, 11) is 0. The van der Waals surface area contributed by atoms with Crippen LogP contribution in [0.3, 0.4) is 0 Å². The number of rotatable bonds is 3. The van der Waals surface area contributed by atoms with Crippen LogP contribution in [-0.4, -0.2) is 16.0 Å². The van der Waals surface area contributed by atoms with Gasteiger partial charge in [-0.3, -0.25) is 4.79 Å². The van der Waals surface area contributed by atoms with Gasteiger partial charge in [0.2, 0.25) is 0 Å². The van der Waals surface area contributed by atoms with Crippen molar-refractivity contribution in [2.45, 2.75) is 26.8 Å². The number of phenolic OH excluding ortho intramolecular Hbond substituents is 1. The van der Waals surface area contributed by atoms with Crippen molar-refractivity contribution in [1.29, 1.82) is 0 Å². The molecule has 0 saturated heterocycles. The molecule has 1 aromatic carbocycles. The molecule has 106 valence electrons. The van der Waals surface area contributed by atoms with Crippen molar-refractivity contribution in [3.63, 3.8) is 0 Å². The van der Waals surface area contributed by atoms with Crippen molar-refractivity contribution in [2.75, 3.05) is 0 Å². The lowest BCUT2D eigenvalue weighted by atomic mass is 10.1. The normalized spacial score (nSPS) is 12.2. The maximum atomic E-state index is 13.1. The lowest BCUT2D eigenvalue weighted by molar-refractivity contribution is 0.0937. The topological polar surface area (TPSA) is 62.2 Å². The van der Waals surface area contributed by atoms with E-state index in [4.69, 9.17) is 0 Å². The van der Waals surface area contributed by atoms with Crippen LogP contribution in [0.25, 0.3) is 0 Å². The van der Waals surface area contributed by atoms with Gasteiger partial charge in [-0.1, -0.05) is 0 Å². The predicted molar refractivity (Wildman–Crippen MR) is 75.5 cm³/mol. The zero-order chi connectivity index (χ0) is 14.9. The van der Waals surface area contributed by atoms with Gasteiger partial charge in [0.05, 0.1) is 22.3 Å². The standard InChI is InChI=1S/C14H15FN2O2S/c1-7-13(20-9(3)16-7)8(2)17-14(19)11-6-10(15)4-5-12(11)18/h4-6,8,18H,1-3H3,(H,17,19). The monoisotopic (exact) mass is 294 g/mol. The Morgan fingerprint density at radius 3 is 2.75 bits per heavy atom. The molecule has 0 aliphatic rings. The zero-order valence-electron chi connectivity index (χ0n) is 11.4. The molecule has 0 aliphatic heterocycles. The molecule has 1 aromatic heterocycles. The highest BCUT2D eigenvalue weighted by Crippen LogP contribution is 2.25. The molecule has 6 heteroatoms. The van der Waals surface area contributed by atoms with Crippen LogP contribution < -0.4 is 5.32 Å². The van der Waals surface area contributed by atoms with E-state index in [0.29, 0.717) is 0 Å². The second-order valence-electron chi connectivity index (χ2n) is 4.54. The second-order valence-corrected chi connectivity index (χ2v) is 5.77.